The molecule has 18 heteroatoms. The van der Waals surface area contributed by atoms with Crippen LogP contribution in [0.15, 0.2) is 68.3 Å². The van der Waals surface area contributed by atoms with E-state index in [0.717, 1.165) is 11.5 Å². The standard InChI is InChI=1S/C8H6BrN3O2S2.C5H3BrClNO2S.C2H3N3S/c9-6-2-1-3-8(12-6)16(13,14)4-7-10-5-11-15-7;6-4-2-1-3-5(8-4)11(7,9)10;3-2-4-1-5-6-2/h1-3,5H,4H2;1-3H;1H,(H2,3,4,5). The zero-order chi connectivity index (χ0) is 24.5. The van der Waals surface area contributed by atoms with E-state index >= 15 is 0 Å². The van der Waals surface area contributed by atoms with Gasteiger partial charge in [-0.05, 0) is 67.7 Å². The van der Waals surface area contributed by atoms with Crippen molar-refractivity contribution in [1.82, 2.24) is 28.7 Å². The zero-order valence-electron chi connectivity index (χ0n) is 16.0. The van der Waals surface area contributed by atoms with Crippen molar-refractivity contribution in [3.63, 3.8) is 0 Å². The van der Waals surface area contributed by atoms with Gasteiger partial charge in [-0.1, -0.05) is 12.1 Å². The summed E-state index contributed by atoms with van der Waals surface area (Å²) in [6, 6.07) is 9.25. The quantitative estimate of drug-likeness (QED) is 0.247. The maximum Gasteiger partial charge on any atom is 0.278 e. The van der Waals surface area contributed by atoms with E-state index in [1.54, 1.807) is 24.3 Å². The van der Waals surface area contributed by atoms with Crippen LogP contribution < -0.4 is 5.73 Å². The number of nitrogens with zero attached hydrogens (tertiary/aromatic N) is 6. The molecule has 0 aliphatic heterocycles. The third kappa shape index (κ3) is 10.0. The lowest BCUT2D eigenvalue weighted by Gasteiger charge is -2.01. The molecule has 2 N–H and O–H groups in total. The average molecular weight is 678 g/mol. The van der Waals surface area contributed by atoms with Gasteiger partial charge in [0, 0.05) is 22.2 Å². The zero-order valence-corrected chi connectivity index (χ0v) is 23.2. The SMILES string of the molecule is Nc1ncns1.O=S(=O)(Cc1ncns1)c1cccc(Br)n1.O=S(=O)(Cl)c1cccc(Br)n1. The van der Waals surface area contributed by atoms with E-state index in [1.165, 1.54) is 36.3 Å². The lowest BCUT2D eigenvalue weighted by molar-refractivity contribution is 0.591. The first kappa shape index (κ1) is 27.6. The largest absolute Gasteiger partial charge is 0.374 e. The highest BCUT2D eigenvalue weighted by Gasteiger charge is 2.18. The highest BCUT2D eigenvalue weighted by Crippen LogP contribution is 2.17. The van der Waals surface area contributed by atoms with Gasteiger partial charge in [-0.3, -0.25) is 0 Å². The molecule has 4 rings (SSSR count). The van der Waals surface area contributed by atoms with E-state index in [0.29, 0.717) is 19.3 Å². The highest BCUT2D eigenvalue weighted by molar-refractivity contribution is 9.10. The molecule has 0 saturated carbocycles. The van der Waals surface area contributed by atoms with Crippen molar-refractivity contribution in [3.05, 3.63) is 63.3 Å². The number of halogens is 3. The predicted molar refractivity (Wildman–Crippen MR) is 132 cm³/mol. The molecule has 176 valence electrons. The first-order chi connectivity index (χ1) is 15.5. The van der Waals surface area contributed by atoms with Crippen molar-refractivity contribution < 1.29 is 16.8 Å². The summed E-state index contributed by atoms with van der Waals surface area (Å²) in [6.45, 7) is 0. The van der Waals surface area contributed by atoms with Crippen LogP contribution in [-0.4, -0.2) is 45.5 Å². The summed E-state index contributed by atoms with van der Waals surface area (Å²) in [5, 5.41) is 0.877. The summed E-state index contributed by atoms with van der Waals surface area (Å²) < 4.78 is 53.5. The summed E-state index contributed by atoms with van der Waals surface area (Å²) in [5.74, 6) is -0.166. The summed E-state index contributed by atoms with van der Waals surface area (Å²) in [4.78, 5) is 15.0. The Hall–Kier alpha value is -1.63. The second kappa shape index (κ2) is 12.7. The Bertz CT molecular complexity index is 1370. The van der Waals surface area contributed by atoms with Gasteiger partial charge in [-0.2, -0.15) is 8.75 Å². The van der Waals surface area contributed by atoms with E-state index in [-0.39, 0.29) is 15.8 Å². The second-order valence-corrected chi connectivity index (χ2v) is 13.2. The molecular weight excluding hydrogens is 666 g/mol. The molecule has 0 aromatic carbocycles. The molecule has 0 atom stereocenters. The fourth-order valence-electron chi connectivity index (χ4n) is 1.77. The minimum Gasteiger partial charge on any atom is -0.374 e. The lowest BCUT2D eigenvalue weighted by atomic mass is 10.5. The Morgan fingerprint density at radius 2 is 1.39 bits per heavy atom. The minimum absolute atomic E-state index is 0.0390. The van der Waals surface area contributed by atoms with Crippen molar-refractivity contribution in [2.75, 3.05) is 5.73 Å². The van der Waals surface area contributed by atoms with E-state index in [4.69, 9.17) is 16.4 Å². The number of rotatable bonds is 4. The molecular formula is C15H12Br2ClN7O4S4. The summed E-state index contributed by atoms with van der Waals surface area (Å²) >= 11 is 8.42. The average Bonchev–Trinajstić information content (AvgIpc) is 3.42. The first-order valence-electron chi connectivity index (χ1n) is 8.17. The molecule has 0 fully saturated rings. The van der Waals surface area contributed by atoms with Crippen LogP contribution in [0.1, 0.15) is 5.01 Å². The van der Waals surface area contributed by atoms with Crippen LogP contribution in [-0.2, 0) is 24.6 Å². The Morgan fingerprint density at radius 1 is 0.848 bits per heavy atom. The Balaban J connectivity index is 0.000000195. The maximum absolute atomic E-state index is 11.9. The van der Waals surface area contributed by atoms with Crippen molar-refractivity contribution in [2.24, 2.45) is 0 Å². The number of nitrogen functional groups attached to an aromatic ring is 1. The van der Waals surface area contributed by atoms with Crippen molar-refractivity contribution in [3.8, 4) is 0 Å². The predicted octanol–water partition coefficient (Wildman–Crippen LogP) is 3.56. The smallest absolute Gasteiger partial charge is 0.278 e. The van der Waals surface area contributed by atoms with Crippen LogP contribution in [0.25, 0.3) is 0 Å². The van der Waals surface area contributed by atoms with Gasteiger partial charge in [0.05, 0.1) is 0 Å². The van der Waals surface area contributed by atoms with Gasteiger partial charge in [0.2, 0.25) is 9.84 Å². The monoisotopic (exact) mass is 675 g/mol. The maximum atomic E-state index is 11.9. The van der Waals surface area contributed by atoms with Crippen LogP contribution in [0.2, 0.25) is 0 Å². The van der Waals surface area contributed by atoms with Crippen molar-refractivity contribution in [2.45, 2.75) is 15.8 Å². The number of pyridine rings is 2. The van der Waals surface area contributed by atoms with E-state index in [1.807, 2.05) is 0 Å². The van der Waals surface area contributed by atoms with Crippen LogP contribution in [0.4, 0.5) is 5.13 Å². The number of anilines is 1. The number of aromatic nitrogens is 6. The van der Waals surface area contributed by atoms with Crippen LogP contribution in [0, 0.1) is 0 Å². The fraction of sp³-hybridized carbons (Fsp3) is 0.0667. The van der Waals surface area contributed by atoms with Gasteiger partial charge in [0.1, 0.15) is 32.6 Å². The number of hydrogen-bond acceptors (Lipinski definition) is 13. The Morgan fingerprint density at radius 3 is 1.79 bits per heavy atom. The first-order valence-corrected chi connectivity index (χ1v) is 15.3. The molecule has 11 nitrogen and oxygen atoms in total. The second-order valence-electron chi connectivity index (χ2n) is 5.41. The summed E-state index contributed by atoms with van der Waals surface area (Å²) in [7, 11) is -2.11. The summed E-state index contributed by atoms with van der Waals surface area (Å²) in [6.07, 6.45) is 2.77. The molecule has 4 aromatic rings. The molecule has 0 amide bonds. The van der Waals surface area contributed by atoms with Gasteiger partial charge in [0.15, 0.2) is 15.2 Å². The van der Waals surface area contributed by atoms with Gasteiger partial charge < -0.3 is 5.73 Å². The van der Waals surface area contributed by atoms with Gasteiger partial charge >= 0.3 is 0 Å². The molecule has 0 spiro atoms. The van der Waals surface area contributed by atoms with Gasteiger partial charge in [0.25, 0.3) is 9.05 Å². The summed E-state index contributed by atoms with van der Waals surface area (Å²) in [5.41, 5.74) is 5.12. The normalized spacial score (nSPS) is 11.0. The van der Waals surface area contributed by atoms with E-state index in [9.17, 15) is 16.8 Å². The third-order valence-corrected chi connectivity index (χ3v) is 7.98. The molecule has 33 heavy (non-hydrogen) atoms. The van der Waals surface area contributed by atoms with E-state index in [2.05, 4.69) is 60.5 Å². The van der Waals surface area contributed by atoms with Gasteiger partial charge in [-0.15, -0.1) is 0 Å². The molecule has 0 radical (unpaired) electrons. The van der Waals surface area contributed by atoms with Crippen LogP contribution in [0.3, 0.4) is 0 Å². The van der Waals surface area contributed by atoms with Crippen LogP contribution in [0.5, 0.6) is 0 Å². The minimum atomic E-state index is -3.69. The molecule has 0 bridgehead atoms. The number of nitrogens with two attached hydrogens (primary N) is 1. The number of hydrogen-bond donors (Lipinski definition) is 1. The lowest BCUT2D eigenvalue weighted by Crippen LogP contribution is -2.06. The fourth-order valence-corrected chi connectivity index (χ4v) is 5.75. The van der Waals surface area contributed by atoms with Crippen LogP contribution >= 0.6 is 65.6 Å². The molecule has 4 heterocycles. The highest BCUT2D eigenvalue weighted by atomic mass is 79.9. The molecule has 0 aliphatic rings. The van der Waals surface area contributed by atoms with Crippen molar-refractivity contribution >= 4 is 89.6 Å². The Labute approximate surface area is 218 Å². The molecule has 0 aliphatic carbocycles. The third-order valence-electron chi connectivity index (χ3n) is 3.05. The van der Waals surface area contributed by atoms with Crippen molar-refractivity contribution in [1.29, 1.82) is 0 Å². The topological polar surface area (TPSA) is 172 Å². The molecule has 4 aromatic heterocycles. The number of sulfone groups is 1. The van der Waals surface area contributed by atoms with E-state index < -0.39 is 18.9 Å². The van der Waals surface area contributed by atoms with Gasteiger partial charge in [-0.25, -0.2) is 36.8 Å². The Kier molecular flexibility index (Phi) is 10.6. The molecule has 0 saturated heterocycles. The molecule has 0 unspecified atom stereocenters.